The lowest BCUT2D eigenvalue weighted by molar-refractivity contribution is 0.599. The molecule has 27 heavy (non-hydrogen) atoms. The molecule has 0 aliphatic carbocycles. The van der Waals surface area contributed by atoms with Crippen molar-refractivity contribution in [1.82, 2.24) is 0 Å². The Kier molecular flexibility index (Phi) is 6.22. The standard InChI is InChI=1S/C21H17Cl2NO2S/c22-19-9-4-8-17(14-19)12-13-27(25,26)24(16-18-6-2-1-3-7-18)21-11-5-10-20(23)15-21/h1-15H,16H2/b13-12+. The van der Waals surface area contributed by atoms with E-state index in [0.717, 1.165) is 5.56 Å². The van der Waals surface area contributed by atoms with Crippen LogP contribution in [0, 0.1) is 0 Å². The summed E-state index contributed by atoms with van der Waals surface area (Å²) < 4.78 is 27.5. The van der Waals surface area contributed by atoms with E-state index in [-0.39, 0.29) is 6.54 Å². The largest absolute Gasteiger partial charge is 0.262 e. The lowest BCUT2D eigenvalue weighted by Gasteiger charge is -2.23. The van der Waals surface area contributed by atoms with Crippen LogP contribution in [0.2, 0.25) is 10.0 Å². The van der Waals surface area contributed by atoms with Gasteiger partial charge in [-0.1, -0.05) is 71.7 Å². The molecule has 0 fully saturated rings. The van der Waals surface area contributed by atoms with Gasteiger partial charge in [-0.15, -0.1) is 0 Å². The van der Waals surface area contributed by atoms with Gasteiger partial charge in [-0.3, -0.25) is 4.31 Å². The zero-order chi connectivity index (χ0) is 19.3. The Morgan fingerprint density at radius 1 is 0.815 bits per heavy atom. The third-order valence-corrected chi connectivity index (χ3v) is 5.76. The highest BCUT2D eigenvalue weighted by Gasteiger charge is 2.20. The van der Waals surface area contributed by atoms with Gasteiger partial charge in [0.2, 0.25) is 0 Å². The Balaban J connectivity index is 1.97. The molecular weight excluding hydrogens is 401 g/mol. The molecule has 0 bridgehead atoms. The van der Waals surface area contributed by atoms with Crippen molar-refractivity contribution in [3.63, 3.8) is 0 Å². The minimum Gasteiger partial charge on any atom is -0.262 e. The van der Waals surface area contributed by atoms with Crippen LogP contribution in [0.4, 0.5) is 5.69 Å². The molecular formula is C21H17Cl2NO2S. The summed E-state index contributed by atoms with van der Waals surface area (Å²) in [5, 5.41) is 2.20. The Labute approximate surface area is 169 Å². The third-order valence-electron chi connectivity index (χ3n) is 3.85. The number of benzene rings is 3. The summed E-state index contributed by atoms with van der Waals surface area (Å²) in [6.07, 6.45) is 1.53. The number of hydrogen-bond acceptors (Lipinski definition) is 2. The molecule has 0 unspecified atom stereocenters. The van der Waals surface area contributed by atoms with E-state index in [1.807, 2.05) is 30.3 Å². The molecule has 0 aliphatic rings. The summed E-state index contributed by atoms with van der Waals surface area (Å²) in [5.41, 5.74) is 2.08. The second kappa shape index (κ2) is 8.61. The lowest BCUT2D eigenvalue weighted by atomic mass is 10.2. The molecule has 0 radical (unpaired) electrons. The first kappa shape index (κ1) is 19.5. The molecule has 3 rings (SSSR count). The average Bonchev–Trinajstić information content (AvgIpc) is 2.65. The predicted octanol–water partition coefficient (Wildman–Crippen LogP) is 6.00. The van der Waals surface area contributed by atoms with Gasteiger partial charge in [0, 0.05) is 10.0 Å². The van der Waals surface area contributed by atoms with E-state index < -0.39 is 10.0 Å². The van der Waals surface area contributed by atoms with E-state index in [1.54, 1.807) is 48.5 Å². The summed E-state index contributed by atoms with van der Waals surface area (Å²) in [6, 6.07) is 23.2. The van der Waals surface area contributed by atoms with Crippen LogP contribution < -0.4 is 4.31 Å². The predicted molar refractivity (Wildman–Crippen MR) is 113 cm³/mol. The van der Waals surface area contributed by atoms with Crippen LogP contribution in [0.1, 0.15) is 11.1 Å². The highest BCUT2D eigenvalue weighted by atomic mass is 35.5. The Morgan fingerprint density at radius 3 is 2.15 bits per heavy atom. The quantitative estimate of drug-likeness (QED) is 0.492. The maximum atomic E-state index is 13.1. The molecule has 0 amide bonds. The monoisotopic (exact) mass is 417 g/mol. The number of hydrogen-bond donors (Lipinski definition) is 0. The zero-order valence-electron chi connectivity index (χ0n) is 14.3. The molecule has 0 aromatic heterocycles. The van der Waals surface area contributed by atoms with E-state index >= 15 is 0 Å². The van der Waals surface area contributed by atoms with Crippen LogP contribution in [-0.2, 0) is 16.6 Å². The van der Waals surface area contributed by atoms with Gasteiger partial charge in [-0.25, -0.2) is 8.42 Å². The van der Waals surface area contributed by atoms with Gasteiger partial charge in [0.15, 0.2) is 0 Å². The van der Waals surface area contributed by atoms with Gasteiger partial charge in [0.25, 0.3) is 10.0 Å². The summed E-state index contributed by atoms with van der Waals surface area (Å²) in [5.74, 6) is 0. The SMILES string of the molecule is O=S(=O)(/C=C/c1cccc(Cl)c1)N(Cc1ccccc1)c1cccc(Cl)c1. The van der Waals surface area contributed by atoms with Crippen molar-refractivity contribution < 1.29 is 8.42 Å². The molecule has 0 saturated carbocycles. The van der Waals surface area contributed by atoms with Gasteiger partial charge in [-0.2, -0.15) is 0 Å². The van der Waals surface area contributed by atoms with Gasteiger partial charge in [0.1, 0.15) is 0 Å². The van der Waals surface area contributed by atoms with Crippen LogP contribution in [0.5, 0.6) is 0 Å². The summed E-state index contributed by atoms with van der Waals surface area (Å²) in [7, 11) is -3.75. The maximum absolute atomic E-state index is 13.1. The lowest BCUT2D eigenvalue weighted by Crippen LogP contribution is -2.28. The second-order valence-corrected chi connectivity index (χ2v) is 8.49. The number of nitrogens with zero attached hydrogens (tertiary/aromatic N) is 1. The first-order valence-electron chi connectivity index (χ1n) is 8.20. The fourth-order valence-electron chi connectivity index (χ4n) is 2.56. The number of sulfonamides is 1. The zero-order valence-corrected chi connectivity index (χ0v) is 16.6. The molecule has 0 saturated heterocycles. The summed E-state index contributed by atoms with van der Waals surface area (Å²) >= 11 is 12.0. The van der Waals surface area contributed by atoms with E-state index in [9.17, 15) is 8.42 Å². The van der Waals surface area contributed by atoms with Gasteiger partial charge in [0.05, 0.1) is 17.6 Å². The molecule has 138 valence electrons. The highest BCUT2D eigenvalue weighted by molar-refractivity contribution is 7.95. The van der Waals surface area contributed by atoms with Crippen LogP contribution in [-0.4, -0.2) is 8.42 Å². The topological polar surface area (TPSA) is 37.4 Å². The van der Waals surface area contributed by atoms with E-state index in [0.29, 0.717) is 21.3 Å². The molecule has 3 aromatic rings. The first-order chi connectivity index (χ1) is 12.9. The molecule has 0 heterocycles. The van der Waals surface area contributed by atoms with E-state index in [4.69, 9.17) is 23.2 Å². The van der Waals surface area contributed by atoms with Crippen LogP contribution in [0.25, 0.3) is 6.08 Å². The fourth-order valence-corrected chi connectivity index (χ4v) is 4.15. The molecule has 6 heteroatoms. The van der Waals surface area contributed by atoms with Crippen molar-refractivity contribution in [3.05, 3.63) is 105 Å². The van der Waals surface area contributed by atoms with E-state index in [2.05, 4.69) is 0 Å². The normalized spacial score (nSPS) is 11.6. The second-order valence-electron chi connectivity index (χ2n) is 5.87. The number of rotatable bonds is 6. The molecule has 3 nitrogen and oxygen atoms in total. The molecule has 0 N–H and O–H groups in total. The van der Waals surface area contributed by atoms with Crippen molar-refractivity contribution in [3.8, 4) is 0 Å². The summed E-state index contributed by atoms with van der Waals surface area (Å²) in [4.78, 5) is 0. The van der Waals surface area contributed by atoms with Crippen molar-refractivity contribution in [2.24, 2.45) is 0 Å². The maximum Gasteiger partial charge on any atom is 0.257 e. The Bertz CT molecular complexity index is 1050. The fraction of sp³-hybridized carbons (Fsp3) is 0.0476. The van der Waals surface area contributed by atoms with Crippen LogP contribution in [0.3, 0.4) is 0 Å². The molecule has 3 aromatic carbocycles. The molecule has 0 aliphatic heterocycles. The van der Waals surface area contributed by atoms with Gasteiger partial charge in [-0.05, 0) is 47.5 Å². The van der Waals surface area contributed by atoms with Crippen molar-refractivity contribution in [1.29, 1.82) is 0 Å². The van der Waals surface area contributed by atoms with Crippen molar-refractivity contribution >= 4 is 45.0 Å². The van der Waals surface area contributed by atoms with Crippen molar-refractivity contribution in [2.45, 2.75) is 6.54 Å². The van der Waals surface area contributed by atoms with Crippen LogP contribution >= 0.6 is 23.2 Å². The first-order valence-corrected chi connectivity index (χ1v) is 10.5. The molecule has 0 spiro atoms. The van der Waals surface area contributed by atoms with E-state index in [1.165, 1.54) is 15.8 Å². The smallest absolute Gasteiger partial charge is 0.257 e. The number of halogens is 2. The summed E-state index contributed by atoms with van der Waals surface area (Å²) in [6.45, 7) is 0.198. The third kappa shape index (κ3) is 5.36. The Hall–Kier alpha value is -2.27. The van der Waals surface area contributed by atoms with Gasteiger partial charge >= 0.3 is 0 Å². The Morgan fingerprint density at radius 2 is 1.48 bits per heavy atom. The minimum atomic E-state index is -3.75. The average molecular weight is 418 g/mol. The van der Waals surface area contributed by atoms with Crippen LogP contribution in [0.15, 0.2) is 84.3 Å². The van der Waals surface area contributed by atoms with Crippen molar-refractivity contribution in [2.75, 3.05) is 4.31 Å². The highest BCUT2D eigenvalue weighted by Crippen LogP contribution is 2.25. The molecule has 0 atom stereocenters. The van der Waals surface area contributed by atoms with Gasteiger partial charge < -0.3 is 0 Å². The number of anilines is 1. The minimum absolute atomic E-state index is 0.198.